The smallest absolute Gasteiger partial charge is 0.342 e. The number of rotatable bonds is 4. The van der Waals surface area contributed by atoms with Crippen molar-refractivity contribution in [3.8, 4) is 0 Å². The molecule has 2 heterocycles. The summed E-state index contributed by atoms with van der Waals surface area (Å²) in [5.74, 6) is -4.93. The van der Waals surface area contributed by atoms with Crippen molar-refractivity contribution in [3.05, 3.63) is 11.6 Å². The summed E-state index contributed by atoms with van der Waals surface area (Å²) >= 11 is 0. The molecule has 2 aliphatic heterocycles. The van der Waals surface area contributed by atoms with Gasteiger partial charge in [0.2, 0.25) is 0 Å². The first kappa shape index (κ1) is 30.0. The van der Waals surface area contributed by atoms with Crippen molar-refractivity contribution in [2.24, 2.45) is 17.3 Å². The maximum atomic E-state index is 13.1. The number of hydrogen-bond acceptors (Lipinski definition) is 12. The second kappa shape index (κ2) is 10.1. The van der Waals surface area contributed by atoms with Gasteiger partial charge in [-0.1, -0.05) is 19.4 Å². The van der Waals surface area contributed by atoms with Crippen molar-refractivity contribution >= 4 is 29.8 Å². The normalized spacial score (nSPS) is 45.2. The molecular weight excluding hydrogens is 528 g/mol. The van der Waals surface area contributed by atoms with Crippen LogP contribution in [0.15, 0.2) is 11.6 Å². The minimum Gasteiger partial charge on any atom is -0.462 e. The topological polar surface area (TPSA) is 164 Å². The summed E-state index contributed by atoms with van der Waals surface area (Å²) in [7, 11) is 0. The molecule has 12 heteroatoms. The first-order valence-corrected chi connectivity index (χ1v) is 13.4. The Kier molecular flexibility index (Phi) is 7.59. The van der Waals surface area contributed by atoms with Crippen LogP contribution in [-0.4, -0.2) is 82.8 Å². The van der Waals surface area contributed by atoms with Crippen LogP contribution >= 0.6 is 0 Å². The van der Waals surface area contributed by atoms with E-state index in [2.05, 4.69) is 0 Å². The van der Waals surface area contributed by atoms with Crippen molar-refractivity contribution in [1.82, 2.24) is 0 Å². The predicted molar refractivity (Wildman–Crippen MR) is 134 cm³/mol. The fourth-order valence-electron chi connectivity index (χ4n) is 7.32. The lowest BCUT2D eigenvalue weighted by Gasteiger charge is -2.57. The van der Waals surface area contributed by atoms with Crippen LogP contribution in [0.3, 0.4) is 0 Å². The van der Waals surface area contributed by atoms with Crippen molar-refractivity contribution < 1.29 is 57.5 Å². The van der Waals surface area contributed by atoms with Crippen LogP contribution in [0, 0.1) is 17.3 Å². The minimum absolute atomic E-state index is 0.0378. The third-order valence-electron chi connectivity index (χ3n) is 9.03. The highest BCUT2D eigenvalue weighted by Gasteiger charge is 2.87. The van der Waals surface area contributed by atoms with Gasteiger partial charge in [-0.15, -0.1) is 0 Å². The maximum absolute atomic E-state index is 13.1. The van der Waals surface area contributed by atoms with Gasteiger partial charge in [0.15, 0.2) is 17.3 Å². The Bertz CT molecular complexity index is 1150. The van der Waals surface area contributed by atoms with Gasteiger partial charge in [-0.2, -0.15) is 0 Å². The summed E-state index contributed by atoms with van der Waals surface area (Å²) in [6.07, 6.45) is -4.96. The van der Waals surface area contributed by atoms with Gasteiger partial charge in [0.25, 0.3) is 0 Å². The van der Waals surface area contributed by atoms with Crippen LogP contribution in [0.5, 0.6) is 0 Å². The highest BCUT2D eigenvalue weighted by atomic mass is 16.7. The summed E-state index contributed by atoms with van der Waals surface area (Å²) in [4.78, 5) is 62.9. The number of aliphatic hydroxyl groups excluding tert-OH is 1. The first-order valence-electron chi connectivity index (χ1n) is 13.4. The third-order valence-corrected chi connectivity index (χ3v) is 9.03. The zero-order valence-electron chi connectivity index (χ0n) is 24.0. The molecule has 2 saturated heterocycles. The van der Waals surface area contributed by atoms with Crippen molar-refractivity contribution in [1.29, 1.82) is 0 Å². The molecule has 4 aliphatic rings. The average Bonchev–Trinajstić information content (AvgIpc) is 3.40. The van der Waals surface area contributed by atoms with Crippen molar-refractivity contribution in [3.63, 3.8) is 0 Å². The van der Waals surface area contributed by atoms with Crippen LogP contribution in [0.4, 0.5) is 0 Å². The molecule has 0 amide bonds. The summed E-state index contributed by atoms with van der Waals surface area (Å²) in [6.45, 7) is 11.6. The predicted octanol–water partition coefficient (Wildman–Crippen LogP) is 1.54. The summed E-state index contributed by atoms with van der Waals surface area (Å²) < 4.78 is 35.3. The fourth-order valence-corrected chi connectivity index (χ4v) is 7.32. The number of fused-ring (bicyclic) bond motifs is 1. The van der Waals surface area contributed by atoms with Crippen LogP contribution in [0.25, 0.3) is 0 Å². The van der Waals surface area contributed by atoms with E-state index in [0.29, 0.717) is 5.57 Å². The van der Waals surface area contributed by atoms with Gasteiger partial charge < -0.3 is 33.5 Å². The van der Waals surface area contributed by atoms with E-state index in [9.17, 15) is 29.1 Å². The minimum atomic E-state index is -1.48. The van der Waals surface area contributed by atoms with E-state index in [-0.39, 0.29) is 12.8 Å². The molecule has 40 heavy (non-hydrogen) atoms. The van der Waals surface area contributed by atoms with E-state index in [4.69, 9.17) is 28.4 Å². The number of carbonyl (C=O) groups is 5. The second-order valence-corrected chi connectivity index (χ2v) is 11.8. The Morgan fingerprint density at radius 3 is 2.00 bits per heavy atom. The molecule has 12 nitrogen and oxygen atoms in total. The largest absolute Gasteiger partial charge is 0.462 e. The summed E-state index contributed by atoms with van der Waals surface area (Å²) in [5, 5.41) is 11.3. The first-order chi connectivity index (χ1) is 18.5. The SMILES string of the molecule is CC(=O)O[C@H]1C/C(C)=C\[C@@H]2OC(=O)[C@@]3(C)O[C@]23[C@H](OC(C)=O)[C@H]2[C@@H](C)[C@@H](O)C[C@H](OC(C)=O)[C@]2(C)[C@@H]1OC(C)=O. The second-order valence-electron chi connectivity index (χ2n) is 11.8. The molecule has 222 valence electrons. The van der Waals surface area contributed by atoms with Gasteiger partial charge in [-0.3, -0.25) is 19.2 Å². The lowest BCUT2D eigenvalue weighted by molar-refractivity contribution is -0.245. The van der Waals surface area contributed by atoms with E-state index in [0.717, 1.165) is 0 Å². The van der Waals surface area contributed by atoms with Crippen LogP contribution < -0.4 is 0 Å². The zero-order valence-corrected chi connectivity index (χ0v) is 24.0. The fraction of sp³-hybridized carbons (Fsp3) is 0.750. The standard InChI is InChI=1S/C28H38O12/c1-12-9-19(35-14(3)29)23(37-16(5)31)26(7)20(36-15(4)30)11-18(33)13(2)22(26)24(38-17(6)32)28-21(10-12)39-25(34)27(28,8)40-28/h10,13,18-24,33H,9,11H2,1-8H3/b12-10-/t13-,18-,19-,20-,21-,22+,23+,24+,26-,27+,28-/m0/s1. The Labute approximate surface area is 232 Å². The van der Waals surface area contributed by atoms with E-state index in [1.54, 1.807) is 33.8 Å². The lowest BCUT2D eigenvalue weighted by Crippen LogP contribution is -2.68. The zero-order chi connectivity index (χ0) is 29.9. The van der Waals surface area contributed by atoms with Crippen LogP contribution in [0.2, 0.25) is 0 Å². The molecule has 0 bridgehead atoms. The Morgan fingerprint density at radius 2 is 1.48 bits per heavy atom. The number of ether oxygens (including phenoxy) is 6. The average molecular weight is 567 g/mol. The Balaban J connectivity index is 2.06. The molecule has 0 aromatic carbocycles. The number of hydrogen-bond donors (Lipinski definition) is 1. The molecule has 0 aromatic heterocycles. The highest BCUT2D eigenvalue weighted by molar-refractivity contribution is 5.89. The monoisotopic (exact) mass is 566 g/mol. The van der Waals surface area contributed by atoms with Crippen molar-refractivity contribution in [2.75, 3.05) is 0 Å². The number of epoxide rings is 1. The Morgan fingerprint density at radius 1 is 0.925 bits per heavy atom. The molecule has 3 fully saturated rings. The van der Waals surface area contributed by atoms with E-state index in [1.165, 1.54) is 27.7 Å². The third kappa shape index (κ3) is 4.58. The highest BCUT2D eigenvalue weighted by Crippen LogP contribution is 2.65. The summed E-state index contributed by atoms with van der Waals surface area (Å²) in [6, 6.07) is 0. The van der Waals surface area contributed by atoms with E-state index >= 15 is 0 Å². The lowest BCUT2D eigenvalue weighted by atomic mass is 9.53. The number of carbonyl (C=O) groups excluding carboxylic acids is 5. The van der Waals surface area contributed by atoms with Gasteiger partial charge in [0, 0.05) is 46.5 Å². The van der Waals surface area contributed by atoms with Crippen LogP contribution in [-0.2, 0) is 52.4 Å². The van der Waals surface area contributed by atoms with Crippen molar-refractivity contribution in [2.45, 2.75) is 116 Å². The van der Waals surface area contributed by atoms with Crippen LogP contribution in [0.1, 0.15) is 68.2 Å². The summed E-state index contributed by atoms with van der Waals surface area (Å²) in [5.41, 5.74) is -3.76. The van der Waals surface area contributed by atoms with Gasteiger partial charge in [-0.25, -0.2) is 4.79 Å². The molecule has 0 radical (unpaired) electrons. The molecule has 1 saturated carbocycles. The Hall–Kier alpha value is -2.99. The number of esters is 5. The quantitative estimate of drug-likeness (QED) is 0.226. The maximum Gasteiger partial charge on any atom is 0.342 e. The number of aliphatic hydroxyl groups is 1. The molecule has 4 rings (SSSR count). The van der Waals surface area contributed by atoms with E-state index < -0.39 is 94.9 Å². The molecule has 11 atom stereocenters. The van der Waals surface area contributed by atoms with Gasteiger partial charge in [-0.05, 0) is 25.8 Å². The molecule has 0 aromatic rings. The van der Waals surface area contributed by atoms with Gasteiger partial charge in [0.05, 0.1) is 11.5 Å². The molecule has 0 unspecified atom stereocenters. The molecule has 1 N–H and O–H groups in total. The van der Waals surface area contributed by atoms with Gasteiger partial charge in [0.1, 0.15) is 24.4 Å². The molecule has 1 spiro atoms. The molecular formula is C28H38O12. The van der Waals surface area contributed by atoms with E-state index in [1.807, 2.05) is 0 Å². The van der Waals surface area contributed by atoms with Gasteiger partial charge >= 0.3 is 29.8 Å². The molecule has 2 aliphatic carbocycles.